The van der Waals surface area contributed by atoms with E-state index in [0.717, 1.165) is 3.57 Å². The summed E-state index contributed by atoms with van der Waals surface area (Å²) in [4.78, 5) is 18.3. The first-order valence-corrected chi connectivity index (χ1v) is 4.39. The van der Waals surface area contributed by atoms with Gasteiger partial charge in [0.05, 0.1) is 15.2 Å². The highest BCUT2D eigenvalue weighted by Gasteiger charge is 2.17. The maximum atomic E-state index is 10.6. The fourth-order valence-corrected chi connectivity index (χ4v) is 1.52. The average molecular weight is 278 g/mol. The molecule has 1 aromatic heterocycles. The van der Waals surface area contributed by atoms with Crippen LogP contribution in [0.5, 0.6) is 0 Å². The van der Waals surface area contributed by atoms with Crippen LogP contribution < -0.4 is 0 Å². The molecule has 64 valence electrons. The van der Waals surface area contributed by atoms with Gasteiger partial charge in [-0.15, -0.1) is 0 Å². The lowest BCUT2D eigenvalue weighted by atomic mass is 10.1. The summed E-state index contributed by atoms with van der Waals surface area (Å²) in [5.74, 6) is -1.44. The predicted octanol–water partition coefficient (Wildman–Crippen LogP) is 1.27. The molecule has 0 aliphatic carbocycles. The minimum Gasteiger partial charge on any atom is -0.481 e. The zero-order valence-electron chi connectivity index (χ0n) is 6.36. The summed E-state index contributed by atoms with van der Waals surface area (Å²) in [5, 5.41) is 8.70. The van der Waals surface area contributed by atoms with Crippen molar-refractivity contribution in [1.29, 1.82) is 0 Å². The van der Waals surface area contributed by atoms with Gasteiger partial charge in [0.1, 0.15) is 6.33 Å². The van der Waals surface area contributed by atoms with Crippen molar-refractivity contribution in [3.8, 4) is 0 Å². The van der Waals surface area contributed by atoms with E-state index in [1.54, 1.807) is 13.1 Å². The summed E-state index contributed by atoms with van der Waals surface area (Å²) in [6.07, 6.45) is 2.96. The average Bonchev–Trinajstić information content (AvgIpc) is 2.04. The molecule has 0 fully saturated rings. The summed E-state index contributed by atoms with van der Waals surface area (Å²) in [5.41, 5.74) is 0.568. The molecule has 5 heteroatoms. The highest BCUT2D eigenvalue weighted by atomic mass is 127. The summed E-state index contributed by atoms with van der Waals surface area (Å²) in [7, 11) is 0. The molecule has 1 aromatic rings. The molecule has 1 atom stereocenters. The molecular weight excluding hydrogens is 271 g/mol. The number of nitrogens with zero attached hydrogens (tertiary/aromatic N) is 2. The Kier molecular flexibility index (Phi) is 2.96. The van der Waals surface area contributed by atoms with Crippen molar-refractivity contribution < 1.29 is 9.90 Å². The molecule has 1 N–H and O–H groups in total. The standard InChI is InChI=1S/C7H7IN2O2/c1-4(7(11)12)6-5(8)2-9-3-10-6/h2-4H,1H3,(H,11,12). The SMILES string of the molecule is CC(C(=O)O)c1ncncc1I. The second kappa shape index (κ2) is 3.79. The van der Waals surface area contributed by atoms with Crippen molar-refractivity contribution in [1.82, 2.24) is 9.97 Å². The van der Waals surface area contributed by atoms with Crippen LogP contribution in [0.4, 0.5) is 0 Å². The van der Waals surface area contributed by atoms with Crippen molar-refractivity contribution in [3.05, 3.63) is 21.8 Å². The Balaban J connectivity index is 3.02. The molecule has 0 aliphatic rings. The van der Waals surface area contributed by atoms with E-state index in [2.05, 4.69) is 9.97 Å². The van der Waals surface area contributed by atoms with Crippen LogP contribution in [0, 0.1) is 3.57 Å². The Morgan fingerprint density at radius 1 is 1.75 bits per heavy atom. The largest absolute Gasteiger partial charge is 0.481 e. The Hall–Kier alpha value is -0.720. The number of hydrogen-bond acceptors (Lipinski definition) is 3. The molecule has 4 nitrogen and oxygen atoms in total. The molecule has 0 saturated heterocycles. The van der Waals surface area contributed by atoms with Gasteiger partial charge in [-0.25, -0.2) is 9.97 Å². The molecule has 0 aromatic carbocycles. The highest BCUT2D eigenvalue weighted by molar-refractivity contribution is 14.1. The van der Waals surface area contributed by atoms with E-state index in [1.807, 2.05) is 22.6 Å². The van der Waals surface area contributed by atoms with Gasteiger partial charge in [0, 0.05) is 6.20 Å². The third-order valence-electron chi connectivity index (χ3n) is 1.48. The van der Waals surface area contributed by atoms with Crippen LogP contribution in [-0.4, -0.2) is 21.0 Å². The molecule has 12 heavy (non-hydrogen) atoms. The van der Waals surface area contributed by atoms with Crippen LogP contribution in [0.1, 0.15) is 18.5 Å². The monoisotopic (exact) mass is 278 g/mol. The van der Waals surface area contributed by atoms with Gasteiger partial charge in [-0.05, 0) is 29.5 Å². The number of carbonyl (C=O) groups is 1. The van der Waals surface area contributed by atoms with Crippen LogP contribution in [0.3, 0.4) is 0 Å². The minimum atomic E-state index is -0.869. The van der Waals surface area contributed by atoms with Crippen LogP contribution in [-0.2, 0) is 4.79 Å². The number of aliphatic carboxylic acids is 1. The Morgan fingerprint density at radius 3 is 2.92 bits per heavy atom. The molecule has 0 aliphatic heterocycles. The number of hydrogen-bond donors (Lipinski definition) is 1. The first-order valence-electron chi connectivity index (χ1n) is 3.31. The van der Waals surface area contributed by atoms with Crippen molar-refractivity contribution in [3.63, 3.8) is 0 Å². The van der Waals surface area contributed by atoms with Gasteiger partial charge in [-0.2, -0.15) is 0 Å². The molecule has 0 bridgehead atoms. The summed E-state index contributed by atoms with van der Waals surface area (Å²) >= 11 is 2.02. The molecule has 0 saturated carbocycles. The Labute approximate surface area is 83.2 Å². The second-order valence-corrected chi connectivity index (χ2v) is 3.48. The maximum absolute atomic E-state index is 10.6. The first-order chi connectivity index (χ1) is 5.63. The van der Waals surface area contributed by atoms with Crippen LogP contribution in [0.25, 0.3) is 0 Å². The number of carboxylic acids is 1. The van der Waals surface area contributed by atoms with Crippen LogP contribution in [0.2, 0.25) is 0 Å². The smallest absolute Gasteiger partial charge is 0.312 e. The van der Waals surface area contributed by atoms with Gasteiger partial charge in [-0.1, -0.05) is 0 Å². The first kappa shape index (κ1) is 9.37. The molecule has 0 amide bonds. The zero-order chi connectivity index (χ0) is 9.14. The second-order valence-electron chi connectivity index (χ2n) is 2.32. The van der Waals surface area contributed by atoms with Gasteiger partial charge < -0.3 is 5.11 Å². The lowest BCUT2D eigenvalue weighted by molar-refractivity contribution is -0.138. The molecule has 1 unspecified atom stereocenters. The Bertz CT molecular complexity index is 303. The van der Waals surface area contributed by atoms with E-state index in [1.165, 1.54) is 6.33 Å². The quantitative estimate of drug-likeness (QED) is 0.827. The number of halogens is 1. The van der Waals surface area contributed by atoms with Gasteiger partial charge in [0.15, 0.2) is 0 Å². The van der Waals surface area contributed by atoms with Crippen LogP contribution >= 0.6 is 22.6 Å². The van der Waals surface area contributed by atoms with Gasteiger partial charge in [0.2, 0.25) is 0 Å². The van der Waals surface area contributed by atoms with Crippen molar-refractivity contribution >= 4 is 28.6 Å². The number of aromatic nitrogens is 2. The van der Waals surface area contributed by atoms with Gasteiger partial charge in [-0.3, -0.25) is 4.79 Å². The molecule has 1 rings (SSSR count). The van der Waals surface area contributed by atoms with E-state index in [4.69, 9.17) is 5.11 Å². The third-order valence-corrected chi connectivity index (χ3v) is 2.31. The fourth-order valence-electron chi connectivity index (χ4n) is 0.758. The van der Waals surface area contributed by atoms with Gasteiger partial charge >= 0.3 is 5.97 Å². The summed E-state index contributed by atoms with van der Waals surface area (Å²) < 4.78 is 0.782. The molecule has 0 radical (unpaired) electrons. The minimum absolute atomic E-state index is 0.568. The van der Waals surface area contributed by atoms with Crippen molar-refractivity contribution in [2.75, 3.05) is 0 Å². The Morgan fingerprint density at radius 2 is 2.42 bits per heavy atom. The lowest BCUT2D eigenvalue weighted by Gasteiger charge is -2.05. The lowest BCUT2D eigenvalue weighted by Crippen LogP contribution is -2.11. The van der Waals surface area contributed by atoms with Crippen molar-refractivity contribution in [2.24, 2.45) is 0 Å². The summed E-state index contributed by atoms with van der Waals surface area (Å²) in [6.45, 7) is 1.60. The summed E-state index contributed by atoms with van der Waals surface area (Å²) in [6, 6.07) is 0. The number of carboxylic acid groups (broad SMARTS) is 1. The molecule has 0 spiro atoms. The van der Waals surface area contributed by atoms with E-state index >= 15 is 0 Å². The molecule has 1 heterocycles. The number of rotatable bonds is 2. The third kappa shape index (κ3) is 1.90. The maximum Gasteiger partial charge on any atom is 0.312 e. The van der Waals surface area contributed by atoms with E-state index in [9.17, 15) is 4.79 Å². The van der Waals surface area contributed by atoms with E-state index in [0.29, 0.717) is 5.69 Å². The zero-order valence-corrected chi connectivity index (χ0v) is 8.52. The normalized spacial score (nSPS) is 12.5. The van der Waals surface area contributed by atoms with E-state index in [-0.39, 0.29) is 0 Å². The van der Waals surface area contributed by atoms with Crippen LogP contribution in [0.15, 0.2) is 12.5 Å². The highest BCUT2D eigenvalue weighted by Crippen LogP contribution is 2.17. The topological polar surface area (TPSA) is 63.1 Å². The van der Waals surface area contributed by atoms with Gasteiger partial charge in [0.25, 0.3) is 0 Å². The van der Waals surface area contributed by atoms with Crippen molar-refractivity contribution in [2.45, 2.75) is 12.8 Å². The fraction of sp³-hybridized carbons (Fsp3) is 0.286. The van der Waals surface area contributed by atoms with E-state index < -0.39 is 11.9 Å². The predicted molar refractivity (Wildman–Crippen MR) is 50.8 cm³/mol. The molecular formula is C7H7IN2O2.